The van der Waals surface area contributed by atoms with Crippen molar-refractivity contribution in [2.24, 2.45) is 0 Å². The average molecular weight is 491 g/mol. The van der Waals surface area contributed by atoms with Crippen LogP contribution < -0.4 is 0 Å². The summed E-state index contributed by atoms with van der Waals surface area (Å²) in [5.74, 6) is 0. The van der Waals surface area contributed by atoms with Gasteiger partial charge in [0.25, 0.3) is 0 Å². The molecule has 0 bridgehead atoms. The van der Waals surface area contributed by atoms with Crippen LogP contribution in [0.3, 0.4) is 0 Å². The molecule has 0 atom stereocenters. The Morgan fingerprint density at radius 3 is 1.44 bits per heavy atom. The van der Waals surface area contributed by atoms with E-state index in [-0.39, 0.29) is 0 Å². The molecule has 0 N–H and O–H groups in total. The molecule has 0 saturated heterocycles. The molecule has 0 aromatic carbocycles. The van der Waals surface area contributed by atoms with Gasteiger partial charge in [0.1, 0.15) is 0 Å². The molecule has 0 unspecified atom stereocenters. The molecule has 0 rings (SSSR count). The fourth-order valence-electron chi connectivity index (χ4n) is 3.57. The molecule has 4 heteroatoms. The van der Waals surface area contributed by atoms with Crippen molar-refractivity contribution in [3.63, 3.8) is 0 Å². The van der Waals surface area contributed by atoms with Crippen molar-refractivity contribution in [1.29, 1.82) is 0 Å². The van der Waals surface area contributed by atoms with Gasteiger partial charge in [-0.1, -0.05) is 0 Å². The van der Waals surface area contributed by atoms with E-state index < -0.39 is 34.8 Å². The molecule has 0 aromatic rings. The summed E-state index contributed by atoms with van der Waals surface area (Å²) in [6, 6.07) is 0. The van der Waals surface area contributed by atoms with Crippen LogP contribution in [0.15, 0.2) is 9.29 Å². The van der Waals surface area contributed by atoms with Crippen LogP contribution in [0.4, 0.5) is 0 Å². The zero-order valence-electron chi connectivity index (χ0n) is 19.1. The Kier molecular flexibility index (Phi) is 12.9. The predicted molar refractivity (Wildman–Crippen MR) is 126 cm³/mol. The van der Waals surface area contributed by atoms with Crippen molar-refractivity contribution in [2.75, 3.05) is 6.61 Å². The first-order chi connectivity index (χ1) is 11.5. The number of rotatable bonds is 14. The first-order valence-corrected chi connectivity index (χ1v) is 25.3. The van der Waals surface area contributed by atoms with Crippen molar-refractivity contribution in [2.45, 2.75) is 112 Å². The summed E-state index contributed by atoms with van der Waals surface area (Å²) in [5.41, 5.74) is 2.80. The second-order valence-corrected chi connectivity index (χ2v) is 33.0. The van der Waals surface area contributed by atoms with Gasteiger partial charge in [0.2, 0.25) is 0 Å². The zero-order valence-corrected chi connectivity index (χ0v) is 23.9. The van der Waals surface area contributed by atoms with Crippen LogP contribution >= 0.6 is 0 Å². The zero-order chi connectivity index (χ0) is 19.6. The molecule has 150 valence electrons. The second kappa shape index (κ2) is 12.4. The Morgan fingerprint density at radius 2 is 1.16 bits per heavy atom. The van der Waals surface area contributed by atoms with Crippen molar-refractivity contribution in [3.8, 4) is 0 Å². The standard InChI is InChI=1S/C9H21OSi2.3C4H9.Sn/c1-11(2,3)9-7-8-10-12(4,5)6;3*1-3-4-2;/h9H,8H2,1-6H3;3*1,3-4H2,2H3;. The summed E-state index contributed by atoms with van der Waals surface area (Å²) in [6.45, 7) is 22.7. The molecular weight excluding hydrogens is 443 g/mol. The minimum absolute atomic E-state index is 0.979. The molecule has 0 aliphatic carbocycles. The quantitative estimate of drug-likeness (QED) is 0.224. The predicted octanol–water partition coefficient (Wildman–Crippen LogP) is 8.03. The van der Waals surface area contributed by atoms with E-state index in [0.717, 1.165) is 6.61 Å². The van der Waals surface area contributed by atoms with Crippen LogP contribution in [-0.4, -0.2) is 41.4 Å². The Morgan fingerprint density at radius 1 is 0.760 bits per heavy atom. The van der Waals surface area contributed by atoms with Crippen molar-refractivity contribution in [1.82, 2.24) is 0 Å². The number of hydrogen-bond donors (Lipinski definition) is 0. The molecule has 25 heavy (non-hydrogen) atoms. The van der Waals surface area contributed by atoms with Gasteiger partial charge in [0.05, 0.1) is 0 Å². The first kappa shape index (κ1) is 25.9. The van der Waals surface area contributed by atoms with E-state index >= 15 is 0 Å². The molecule has 0 saturated carbocycles. The molecule has 0 heterocycles. The molecule has 0 spiro atoms. The van der Waals surface area contributed by atoms with Crippen LogP contribution in [0.5, 0.6) is 0 Å². The van der Waals surface area contributed by atoms with Gasteiger partial charge in [-0.05, 0) is 0 Å². The van der Waals surface area contributed by atoms with E-state index in [2.05, 4.69) is 65.8 Å². The van der Waals surface area contributed by atoms with Crippen LogP contribution in [0.25, 0.3) is 0 Å². The molecular formula is C21H48OSi2Sn. The summed E-state index contributed by atoms with van der Waals surface area (Å²) in [6.07, 6.45) is 8.39. The fraction of sp³-hybridized carbons (Fsp3) is 0.905. The van der Waals surface area contributed by atoms with E-state index in [1.54, 1.807) is 13.3 Å². The van der Waals surface area contributed by atoms with E-state index in [1.165, 1.54) is 38.5 Å². The average Bonchev–Trinajstić information content (AvgIpc) is 2.49. The molecule has 0 amide bonds. The Bertz CT molecular complexity index is 359. The molecule has 0 radical (unpaired) electrons. The first-order valence-electron chi connectivity index (χ1n) is 10.9. The van der Waals surface area contributed by atoms with Gasteiger partial charge >= 0.3 is 167 Å². The Labute approximate surface area is 166 Å². The summed E-state index contributed by atoms with van der Waals surface area (Å²) >= 11 is -2.32. The van der Waals surface area contributed by atoms with Crippen molar-refractivity contribution in [3.05, 3.63) is 9.29 Å². The second-order valence-electron chi connectivity index (χ2n) is 10.0. The third kappa shape index (κ3) is 12.1. The summed E-state index contributed by atoms with van der Waals surface area (Å²) in [4.78, 5) is 0. The Balaban J connectivity index is 5.83. The van der Waals surface area contributed by atoms with E-state index in [1.807, 2.05) is 3.59 Å². The third-order valence-electron chi connectivity index (χ3n) is 4.98. The molecule has 0 fully saturated rings. The normalized spacial score (nSPS) is 14.2. The maximum absolute atomic E-state index is 6.53. The van der Waals surface area contributed by atoms with Gasteiger partial charge in [-0.15, -0.1) is 0 Å². The number of hydrogen-bond acceptors (Lipinski definition) is 1. The SMILES string of the molecule is CCC[CH2][Sn]([CH2]CCC)([CH2]CCC)/[C](=C\[Si](C)(C)C)CO[Si](C)(C)C. The van der Waals surface area contributed by atoms with Gasteiger partial charge in [-0.25, -0.2) is 0 Å². The van der Waals surface area contributed by atoms with E-state index in [9.17, 15) is 0 Å². The summed E-state index contributed by atoms with van der Waals surface area (Å²) in [5, 5.41) is 0. The van der Waals surface area contributed by atoms with Crippen LogP contribution in [-0.2, 0) is 4.43 Å². The molecule has 0 aromatic heterocycles. The molecule has 0 aliphatic heterocycles. The fourth-order valence-corrected chi connectivity index (χ4v) is 27.1. The Hall–Kier alpha value is 0.932. The van der Waals surface area contributed by atoms with Gasteiger partial charge in [0, 0.05) is 0 Å². The molecule has 1 nitrogen and oxygen atoms in total. The van der Waals surface area contributed by atoms with Crippen molar-refractivity contribution < 1.29 is 4.43 Å². The summed E-state index contributed by atoms with van der Waals surface area (Å²) in [7, 11) is -2.68. The molecule has 0 aliphatic rings. The maximum atomic E-state index is 6.53. The van der Waals surface area contributed by atoms with Crippen LogP contribution in [0.2, 0.25) is 52.6 Å². The van der Waals surface area contributed by atoms with Crippen LogP contribution in [0.1, 0.15) is 59.3 Å². The number of unbranched alkanes of at least 4 members (excludes halogenated alkanes) is 3. The monoisotopic (exact) mass is 492 g/mol. The minimum atomic E-state index is -2.32. The van der Waals surface area contributed by atoms with E-state index in [0.29, 0.717) is 0 Å². The van der Waals surface area contributed by atoms with Gasteiger partial charge in [-0.2, -0.15) is 0 Å². The van der Waals surface area contributed by atoms with Crippen molar-refractivity contribution >= 4 is 34.8 Å². The summed E-state index contributed by atoms with van der Waals surface area (Å²) < 4.78 is 13.1. The van der Waals surface area contributed by atoms with Gasteiger partial charge in [-0.3, -0.25) is 0 Å². The van der Waals surface area contributed by atoms with Gasteiger partial charge < -0.3 is 0 Å². The van der Waals surface area contributed by atoms with Gasteiger partial charge in [0.15, 0.2) is 0 Å². The topological polar surface area (TPSA) is 9.23 Å². The van der Waals surface area contributed by atoms with E-state index in [4.69, 9.17) is 4.43 Å². The van der Waals surface area contributed by atoms with Crippen LogP contribution in [0, 0.1) is 0 Å². The third-order valence-corrected chi connectivity index (χ3v) is 24.0.